The number of carbonyl (C=O) groups is 2. The van der Waals surface area contributed by atoms with Crippen LogP contribution < -0.4 is 0 Å². The summed E-state index contributed by atoms with van der Waals surface area (Å²) in [5.41, 5.74) is -0.561. The van der Waals surface area contributed by atoms with Crippen molar-refractivity contribution in [1.29, 1.82) is 0 Å². The molecular formula is C14H27ClN2O4. The van der Waals surface area contributed by atoms with Crippen LogP contribution in [0, 0.1) is 0 Å². The molecule has 1 rings (SSSR count). The van der Waals surface area contributed by atoms with Crippen LogP contribution in [0.3, 0.4) is 0 Å². The number of amides is 2. The van der Waals surface area contributed by atoms with Gasteiger partial charge in [0.05, 0.1) is 12.6 Å². The van der Waals surface area contributed by atoms with Gasteiger partial charge in [-0.15, -0.1) is 11.6 Å². The van der Waals surface area contributed by atoms with E-state index in [9.17, 15) is 14.7 Å². The summed E-state index contributed by atoms with van der Waals surface area (Å²) in [5, 5.41) is 9.32. The molecule has 124 valence electrons. The van der Waals surface area contributed by atoms with Crippen LogP contribution in [0.2, 0.25) is 0 Å². The van der Waals surface area contributed by atoms with Crippen LogP contribution in [0.15, 0.2) is 0 Å². The lowest BCUT2D eigenvalue weighted by atomic mass is 10.1. The summed E-state index contributed by atoms with van der Waals surface area (Å²) in [6.07, 6.45) is -0.427. The standard InChI is InChI=1S/C12H21ClN2O4.C2H6/c1-12(2,3)19-11(18)14-4-5-15(10(17)6-13)9(7-14)8-16;1-2/h9,16H,4-8H2,1-3H3;1-2H3/t9-;/m0./s1. The molecule has 6 nitrogen and oxygen atoms in total. The Morgan fingerprint density at radius 1 is 1.29 bits per heavy atom. The second-order valence-electron chi connectivity index (χ2n) is 5.48. The van der Waals surface area contributed by atoms with E-state index in [0.717, 1.165) is 0 Å². The van der Waals surface area contributed by atoms with E-state index in [1.807, 2.05) is 13.8 Å². The van der Waals surface area contributed by atoms with Gasteiger partial charge in [-0.25, -0.2) is 4.79 Å². The van der Waals surface area contributed by atoms with Crippen molar-refractivity contribution < 1.29 is 19.4 Å². The quantitative estimate of drug-likeness (QED) is 0.785. The fraction of sp³-hybridized carbons (Fsp3) is 0.857. The van der Waals surface area contributed by atoms with Gasteiger partial charge in [0, 0.05) is 19.6 Å². The van der Waals surface area contributed by atoms with Gasteiger partial charge < -0.3 is 19.6 Å². The van der Waals surface area contributed by atoms with Crippen molar-refractivity contribution in [3.63, 3.8) is 0 Å². The highest BCUT2D eigenvalue weighted by atomic mass is 35.5. The van der Waals surface area contributed by atoms with E-state index in [1.54, 1.807) is 20.8 Å². The molecule has 0 spiro atoms. The third-order valence-corrected chi connectivity index (χ3v) is 3.01. The third kappa shape index (κ3) is 6.52. The number of rotatable bonds is 2. The fourth-order valence-electron chi connectivity index (χ4n) is 1.91. The van der Waals surface area contributed by atoms with Gasteiger partial charge in [-0.2, -0.15) is 0 Å². The Morgan fingerprint density at radius 2 is 1.86 bits per heavy atom. The molecular weight excluding hydrogens is 296 g/mol. The highest BCUT2D eigenvalue weighted by Crippen LogP contribution is 2.15. The van der Waals surface area contributed by atoms with E-state index in [2.05, 4.69) is 0 Å². The first-order chi connectivity index (χ1) is 9.78. The highest BCUT2D eigenvalue weighted by molar-refractivity contribution is 6.27. The lowest BCUT2D eigenvalue weighted by Crippen LogP contribution is -2.58. The number of aliphatic hydroxyl groups is 1. The van der Waals surface area contributed by atoms with Crippen molar-refractivity contribution in [2.75, 3.05) is 32.1 Å². The summed E-state index contributed by atoms with van der Waals surface area (Å²) in [6, 6.07) is -0.424. The molecule has 0 saturated carbocycles. The number of hydrogen-bond donors (Lipinski definition) is 1. The zero-order valence-corrected chi connectivity index (χ0v) is 14.3. The van der Waals surface area contributed by atoms with Crippen molar-refractivity contribution in [2.24, 2.45) is 0 Å². The Kier molecular flexibility index (Phi) is 8.66. The summed E-state index contributed by atoms with van der Waals surface area (Å²) < 4.78 is 5.27. The summed E-state index contributed by atoms with van der Waals surface area (Å²) in [6.45, 7) is 10.2. The first-order valence-corrected chi connectivity index (χ1v) is 7.76. The minimum atomic E-state index is -0.561. The van der Waals surface area contributed by atoms with Crippen LogP contribution in [0.4, 0.5) is 4.79 Å². The lowest BCUT2D eigenvalue weighted by Gasteiger charge is -2.40. The zero-order valence-electron chi connectivity index (χ0n) is 13.6. The average Bonchev–Trinajstić information content (AvgIpc) is 2.46. The van der Waals surface area contributed by atoms with Crippen molar-refractivity contribution in [2.45, 2.75) is 46.3 Å². The maximum atomic E-state index is 11.9. The number of nitrogens with zero attached hydrogens (tertiary/aromatic N) is 2. The second kappa shape index (κ2) is 9.10. The number of hydrogen-bond acceptors (Lipinski definition) is 4. The molecule has 2 amide bonds. The second-order valence-corrected chi connectivity index (χ2v) is 5.75. The maximum Gasteiger partial charge on any atom is 0.410 e. The molecule has 0 radical (unpaired) electrons. The molecule has 1 aliphatic heterocycles. The molecule has 1 saturated heterocycles. The minimum Gasteiger partial charge on any atom is -0.444 e. The predicted molar refractivity (Wildman–Crippen MR) is 82.5 cm³/mol. The van der Waals surface area contributed by atoms with Gasteiger partial charge in [-0.05, 0) is 20.8 Å². The van der Waals surface area contributed by atoms with Gasteiger partial charge in [-0.3, -0.25) is 4.79 Å². The molecule has 0 aromatic rings. The molecule has 7 heteroatoms. The van der Waals surface area contributed by atoms with Crippen LogP contribution in [0.5, 0.6) is 0 Å². The summed E-state index contributed by atoms with van der Waals surface area (Å²) in [5.74, 6) is -0.354. The van der Waals surface area contributed by atoms with E-state index in [0.29, 0.717) is 13.1 Å². The van der Waals surface area contributed by atoms with Gasteiger partial charge in [0.15, 0.2) is 0 Å². The van der Waals surface area contributed by atoms with Gasteiger partial charge >= 0.3 is 6.09 Å². The van der Waals surface area contributed by atoms with E-state index in [4.69, 9.17) is 16.3 Å². The molecule has 0 aromatic carbocycles. The average molecular weight is 323 g/mol. The molecule has 21 heavy (non-hydrogen) atoms. The summed E-state index contributed by atoms with van der Waals surface area (Å²) >= 11 is 5.52. The van der Waals surface area contributed by atoms with E-state index in [1.165, 1.54) is 9.80 Å². The number of piperazine rings is 1. The molecule has 0 unspecified atom stereocenters. The summed E-state index contributed by atoms with van der Waals surface area (Å²) in [7, 11) is 0. The molecule has 1 fully saturated rings. The van der Waals surface area contributed by atoms with Crippen LogP contribution in [0.1, 0.15) is 34.6 Å². The number of alkyl halides is 1. The van der Waals surface area contributed by atoms with Crippen LogP contribution in [0.25, 0.3) is 0 Å². The Hall–Kier alpha value is -1.01. The van der Waals surface area contributed by atoms with Crippen LogP contribution >= 0.6 is 11.6 Å². The first-order valence-electron chi connectivity index (χ1n) is 7.22. The Labute approximate surface area is 132 Å². The number of ether oxygens (including phenoxy) is 1. The van der Waals surface area contributed by atoms with E-state index in [-0.39, 0.29) is 24.9 Å². The van der Waals surface area contributed by atoms with Gasteiger partial charge in [0.1, 0.15) is 11.5 Å². The normalized spacial score (nSPS) is 18.7. The fourth-order valence-corrected chi connectivity index (χ4v) is 2.06. The van der Waals surface area contributed by atoms with E-state index < -0.39 is 17.7 Å². The molecule has 1 atom stereocenters. The van der Waals surface area contributed by atoms with Crippen LogP contribution in [-0.4, -0.2) is 70.7 Å². The van der Waals surface area contributed by atoms with Crippen molar-refractivity contribution in [1.82, 2.24) is 9.80 Å². The number of aliphatic hydroxyl groups excluding tert-OH is 1. The molecule has 0 aromatic heterocycles. The number of halogens is 1. The Morgan fingerprint density at radius 3 is 2.29 bits per heavy atom. The zero-order chi connectivity index (χ0) is 16.6. The van der Waals surface area contributed by atoms with Crippen LogP contribution in [-0.2, 0) is 9.53 Å². The Balaban J connectivity index is 0.00000191. The molecule has 0 aliphatic carbocycles. The van der Waals surface area contributed by atoms with Crippen molar-refractivity contribution in [3.8, 4) is 0 Å². The third-order valence-electron chi connectivity index (χ3n) is 2.78. The SMILES string of the molecule is CC.CC(C)(C)OC(=O)N1CCN(C(=O)CCl)[C@H](CO)C1. The molecule has 0 bridgehead atoms. The van der Waals surface area contributed by atoms with E-state index >= 15 is 0 Å². The van der Waals surface area contributed by atoms with Crippen molar-refractivity contribution in [3.05, 3.63) is 0 Å². The Bertz CT molecular complexity index is 344. The largest absolute Gasteiger partial charge is 0.444 e. The number of carbonyl (C=O) groups excluding carboxylic acids is 2. The lowest BCUT2D eigenvalue weighted by molar-refractivity contribution is -0.134. The smallest absolute Gasteiger partial charge is 0.410 e. The van der Waals surface area contributed by atoms with Crippen molar-refractivity contribution >= 4 is 23.6 Å². The monoisotopic (exact) mass is 322 g/mol. The van der Waals surface area contributed by atoms with Gasteiger partial charge in [0.25, 0.3) is 0 Å². The van der Waals surface area contributed by atoms with Gasteiger partial charge in [-0.1, -0.05) is 13.8 Å². The minimum absolute atomic E-state index is 0.122. The maximum absolute atomic E-state index is 11.9. The molecule has 1 N–H and O–H groups in total. The predicted octanol–water partition coefficient (Wildman–Crippen LogP) is 1.69. The summed E-state index contributed by atoms with van der Waals surface area (Å²) in [4.78, 5) is 26.5. The van der Waals surface area contributed by atoms with Gasteiger partial charge in [0.2, 0.25) is 5.91 Å². The topological polar surface area (TPSA) is 70.1 Å². The molecule has 1 heterocycles. The first kappa shape index (κ1) is 20.0. The molecule has 1 aliphatic rings. The highest BCUT2D eigenvalue weighted by Gasteiger charge is 2.33.